The molecule has 4 rings (SSSR count). The molecule has 1 unspecified atom stereocenters. The molecule has 1 N–H and O–H groups in total. The Morgan fingerprint density at radius 2 is 2.07 bits per heavy atom. The average Bonchev–Trinajstić information content (AvgIpc) is 3.09. The largest absolute Gasteiger partial charge is 0.478 e. The Kier molecular flexibility index (Phi) is 5.64. The molecule has 0 radical (unpaired) electrons. The summed E-state index contributed by atoms with van der Waals surface area (Å²) in [7, 11) is 0. The summed E-state index contributed by atoms with van der Waals surface area (Å²) in [4.78, 5) is 9.72. The first-order valence-electron chi connectivity index (χ1n) is 10.3. The van der Waals surface area contributed by atoms with Crippen LogP contribution in [-0.2, 0) is 4.74 Å². The number of pyridine rings is 1. The fourth-order valence-corrected chi connectivity index (χ4v) is 4.15. The molecule has 150 valence electrons. The molecule has 2 aliphatic heterocycles. The zero-order valence-corrected chi connectivity index (χ0v) is 17.0. The Bertz CT molecular complexity index is 867. The van der Waals surface area contributed by atoms with Gasteiger partial charge in [-0.25, -0.2) is 9.51 Å². The van der Waals surface area contributed by atoms with E-state index < -0.39 is 0 Å². The van der Waals surface area contributed by atoms with Crippen molar-refractivity contribution in [2.24, 2.45) is 4.99 Å². The minimum atomic E-state index is -0.105. The van der Waals surface area contributed by atoms with E-state index in [1.165, 1.54) is 0 Å². The summed E-state index contributed by atoms with van der Waals surface area (Å²) in [5.74, 6) is 0.706. The third-order valence-electron chi connectivity index (χ3n) is 5.47. The predicted molar refractivity (Wildman–Crippen MR) is 113 cm³/mol. The summed E-state index contributed by atoms with van der Waals surface area (Å²) in [6.07, 6.45) is 8.25. The fourth-order valence-electron chi connectivity index (χ4n) is 4.15. The van der Waals surface area contributed by atoms with Crippen molar-refractivity contribution in [1.82, 2.24) is 19.8 Å². The van der Waals surface area contributed by atoms with Crippen molar-refractivity contribution in [3.63, 3.8) is 0 Å². The van der Waals surface area contributed by atoms with E-state index >= 15 is 0 Å². The second kappa shape index (κ2) is 8.32. The lowest BCUT2D eigenvalue weighted by molar-refractivity contribution is 0.118. The van der Waals surface area contributed by atoms with Gasteiger partial charge in [0.2, 0.25) is 5.90 Å². The van der Waals surface area contributed by atoms with Crippen molar-refractivity contribution in [3.8, 4) is 0 Å². The van der Waals surface area contributed by atoms with Crippen molar-refractivity contribution >= 4 is 17.1 Å². The summed E-state index contributed by atoms with van der Waals surface area (Å²) in [6.45, 7) is 9.92. The van der Waals surface area contributed by atoms with Gasteiger partial charge in [0, 0.05) is 30.2 Å². The van der Waals surface area contributed by atoms with E-state index in [9.17, 15) is 0 Å². The lowest BCUT2D eigenvalue weighted by atomic mass is 10.0. The van der Waals surface area contributed by atoms with Crippen molar-refractivity contribution in [2.75, 3.05) is 31.1 Å². The topological polar surface area (TPSA) is 57.4 Å². The molecule has 7 heteroatoms. The lowest BCUT2D eigenvalue weighted by Gasteiger charge is -2.43. The molecule has 2 aromatic heterocycles. The number of hydrogen-bond acceptors (Lipinski definition) is 6. The molecule has 1 fully saturated rings. The van der Waals surface area contributed by atoms with E-state index in [1.807, 2.05) is 30.6 Å². The van der Waals surface area contributed by atoms with Crippen LogP contribution < -0.4 is 10.2 Å². The normalized spacial score (nSPS) is 20.8. The van der Waals surface area contributed by atoms with E-state index in [1.54, 1.807) is 0 Å². The van der Waals surface area contributed by atoms with Crippen LogP contribution in [0.2, 0.25) is 0 Å². The van der Waals surface area contributed by atoms with Crippen LogP contribution in [0.4, 0.5) is 5.69 Å². The SMILES string of the molecule is CCOC1=NC(N(CC)C2CCNCC2)N(c2ccn3nc(C)cc3c2)C=C1. The quantitative estimate of drug-likeness (QED) is 0.862. The number of anilines is 1. The highest BCUT2D eigenvalue weighted by atomic mass is 16.5. The summed E-state index contributed by atoms with van der Waals surface area (Å²) >= 11 is 0. The summed E-state index contributed by atoms with van der Waals surface area (Å²) in [5, 5.41) is 7.96. The molecule has 0 bridgehead atoms. The van der Waals surface area contributed by atoms with Crippen LogP contribution in [0.5, 0.6) is 0 Å². The maximum Gasteiger partial charge on any atom is 0.213 e. The van der Waals surface area contributed by atoms with Crippen LogP contribution in [0.3, 0.4) is 0 Å². The number of hydrogen-bond donors (Lipinski definition) is 1. The first-order valence-corrected chi connectivity index (χ1v) is 10.3. The highest BCUT2D eigenvalue weighted by Crippen LogP contribution is 2.27. The maximum atomic E-state index is 5.74. The van der Waals surface area contributed by atoms with Gasteiger partial charge in [-0.05, 0) is 64.5 Å². The molecule has 4 heterocycles. The number of nitrogens with one attached hydrogen (secondary N) is 1. The lowest BCUT2D eigenvalue weighted by Crippen LogP contribution is -2.54. The highest BCUT2D eigenvalue weighted by molar-refractivity contribution is 5.89. The molecular weight excluding hydrogens is 352 g/mol. The Labute approximate surface area is 166 Å². The van der Waals surface area contributed by atoms with Crippen LogP contribution in [0, 0.1) is 6.92 Å². The molecule has 0 amide bonds. The molecule has 0 spiro atoms. The fraction of sp³-hybridized carbons (Fsp3) is 0.524. The van der Waals surface area contributed by atoms with E-state index in [0.29, 0.717) is 18.5 Å². The molecule has 2 aromatic rings. The molecule has 7 nitrogen and oxygen atoms in total. The van der Waals surface area contributed by atoms with Crippen LogP contribution >= 0.6 is 0 Å². The molecule has 28 heavy (non-hydrogen) atoms. The number of ether oxygens (including phenoxy) is 1. The first-order chi connectivity index (χ1) is 13.7. The van der Waals surface area contributed by atoms with Crippen LogP contribution in [0.1, 0.15) is 32.4 Å². The standard InChI is InChI=1S/C21H30N6O/c1-4-25(17-6-10-22-11-7-17)21-23-20(28-5-2)9-12-26(21)18-8-13-27-19(15-18)14-16(3)24-27/h8-9,12-15,17,21-22H,4-7,10-11H2,1-3H3. The number of aromatic nitrogens is 2. The Morgan fingerprint density at radius 1 is 1.25 bits per heavy atom. The van der Waals surface area contributed by atoms with Gasteiger partial charge in [-0.2, -0.15) is 5.10 Å². The molecule has 1 saturated heterocycles. The summed E-state index contributed by atoms with van der Waals surface area (Å²) in [5.41, 5.74) is 3.22. The zero-order valence-electron chi connectivity index (χ0n) is 17.0. The number of aryl methyl sites for hydroxylation is 1. The predicted octanol–water partition coefficient (Wildman–Crippen LogP) is 2.77. The molecular formula is C21H30N6O. The molecule has 0 aromatic carbocycles. The van der Waals surface area contributed by atoms with Crippen LogP contribution in [-0.4, -0.2) is 59.0 Å². The smallest absolute Gasteiger partial charge is 0.213 e. The van der Waals surface area contributed by atoms with E-state index in [4.69, 9.17) is 9.73 Å². The van der Waals surface area contributed by atoms with Gasteiger partial charge in [-0.1, -0.05) is 6.92 Å². The van der Waals surface area contributed by atoms with Gasteiger partial charge in [0.1, 0.15) is 0 Å². The highest BCUT2D eigenvalue weighted by Gasteiger charge is 2.32. The number of fused-ring (bicyclic) bond motifs is 1. The molecule has 0 aliphatic carbocycles. The molecule has 1 atom stereocenters. The monoisotopic (exact) mass is 382 g/mol. The summed E-state index contributed by atoms with van der Waals surface area (Å²) < 4.78 is 7.65. The van der Waals surface area contributed by atoms with Gasteiger partial charge in [0.25, 0.3) is 0 Å². The van der Waals surface area contributed by atoms with E-state index in [2.05, 4.69) is 51.5 Å². The van der Waals surface area contributed by atoms with Crippen molar-refractivity contribution < 1.29 is 4.74 Å². The van der Waals surface area contributed by atoms with Crippen molar-refractivity contribution in [2.45, 2.75) is 45.9 Å². The Balaban J connectivity index is 1.69. The first kappa shape index (κ1) is 19.0. The van der Waals surface area contributed by atoms with Crippen molar-refractivity contribution in [3.05, 3.63) is 42.4 Å². The average molecular weight is 383 g/mol. The van der Waals surface area contributed by atoms with Gasteiger partial charge >= 0.3 is 0 Å². The Hall–Kier alpha value is -2.38. The van der Waals surface area contributed by atoms with Crippen LogP contribution in [0.25, 0.3) is 5.52 Å². The third kappa shape index (κ3) is 3.77. The number of piperidine rings is 1. The molecule has 2 aliphatic rings. The van der Waals surface area contributed by atoms with Gasteiger partial charge in [-0.3, -0.25) is 4.90 Å². The number of rotatable bonds is 5. The summed E-state index contributed by atoms with van der Waals surface area (Å²) in [6, 6.07) is 6.90. The second-order valence-corrected chi connectivity index (χ2v) is 7.32. The molecule has 0 saturated carbocycles. The minimum absolute atomic E-state index is 0.105. The third-order valence-corrected chi connectivity index (χ3v) is 5.47. The second-order valence-electron chi connectivity index (χ2n) is 7.32. The van der Waals surface area contributed by atoms with Gasteiger partial charge in [0.15, 0.2) is 6.29 Å². The number of nitrogens with zero attached hydrogens (tertiary/aromatic N) is 5. The van der Waals surface area contributed by atoms with Crippen molar-refractivity contribution in [1.29, 1.82) is 0 Å². The van der Waals surface area contributed by atoms with Gasteiger partial charge in [-0.15, -0.1) is 0 Å². The van der Waals surface area contributed by atoms with E-state index in [0.717, 1.165) is 49.4 Å². The maximum absolute atomic E-state index is 5.74. The van der Waals surface area contributed by atoms with E-state index in [-0.39, 0.29) is 6.29 Å². The number of aliphatic imine (C=N–C) groups is 1. The van der Waals surface area contributed by atoms with Gasteiger partial charge < -0.3 is 15.0 Å². The Morgan fingerprint density at radius 3 is 2.82 bits per heavy atom. The minimum Gasteiger partial charge on any atom is -0.478 e. The zero-order chi connectivity index (χ0) is 19.5. The van der Waals surface area contributed by atoms with Gasteiger partial charge in [0.05, 0.1) is 17.8 Å². The van der Waals surface area contributed by atoms with Crippen LogP contribution in [0.15, 0.2) is 41.7 Å².